The highest BCUT2D eigenvalue weighted by Crippen LogP contribution is 2.50. The van der Waals surface area contributed by atoms with Crippen LogP contribution >= 0.6 is 11.8 Å². The summed E-state index contributed by atoms with van der Waals surface area (Å²) in [4.78, 5) is 2.63. The summed E-state index contributed by atoms with van der Waals surface area (Å²) in [6.07, 6.45) is 14.6. The molecule has 0 aliphatic carbocycles. The van der Waals surface area contributed by atoms with Gasteiger partial charge in [0.2, 0.25) is 0 Å². The van der Waals surface area contributed by atoms with E-state index in [2.05, 4.69) is 220 Å². The van der Waals surface area contributed by atoms with Crippen molar-refractivity contribution in [1.29, 1.82) is 0 Å². The summed E-state index contributed by atoms with van der Waals surface area (Å²) in [6, 6.07) is 52.1. The molecule has 1 fully saturated rings. The van der Waals surface area contributed by atoms with Crippen molar-refractivity contribution in [3.63, 3.8) is 0 Å². The third-order valence-electron chi connectivity index (χ3n) is 11.1. The van der Waals surface area contributed by atoms with Gasteiger partial charge in [0, 0.05) is 29.1 Å². The molecule has 0 aromatic heterocycles. The van der Waals surface area contributed by atoms with Gasteiger partial charge in [-0.15, -0.1) is 0 Å². The molecular weight excluding hydrogens is 683 g/mol. The molecule has 2 unspecified atom stereocenters. The Bertz CT molecular complexity index is 2280. The monoisotopic (exact) mass is 731 g/mol. The predicted octanol–water partition coefficient (Wildman–Crippen LogP) is 14.0. The minimum absolute atomic E-state index is 0.487. The topological polar surface area (TPSA) is 3.24 Å². The summed E-state index contributed by atoms with van der Waals surface area (Å²) in [7, 11) is 0. The normalized spacial score (nSPS) is 16.3. The van der Waals surface area contributed by atoms with E-state index in [1.807, 2.05) is 0 Å². The first-order valence-corrected chi connectivity index (χ1v) is 20.7. The van der Waals surface area contributed by atoms with Crippen LogP contribution in [0.1, 0.15) is 73.5 Å². The minimum atomic E-state index is 0.487. The molecule has 2 aliphatic heterocycles. The Morgan fingerprint density at radius 2 is 0.964 bits per heavy atom. The average molecular weight is 732 g/mol. The van der Waals surface area contributed by atoms with E-state index in [9.17, 15) is 0 Å². The lowest BCUT2D eigenvalue weighted by atomic mass is 9.93. The zero-order chi connectivity index (χ0) is 37.7. The Morgan fingerprint density at radius 3 is 1.44 bits per heavy atom. The van der Waals surface area contributed by atoms with Crippen LogP contribution in [0.5, 0.6) is 0 Å². The quantitative estimate of drug-likeness (QED) is 0.136. The first-order chi connectivity index (χ1) is 26.9. The van der Waals surface area contributed by atoms with Crippen LogP contribution in [0.4, 0.5) is 11.4 Å². The van der Waals surface area contributed by atoms with Crippen LogP contribution in [0, 0.1) is 27.7 Å². The Labute approximate surface area is 332 Å². The number of allylic oxidation sites excluding steroid dienone is 4. The third kappa shape index (κ3) is 8.26. The molecule has 1 nitrogen and oxygen atoms in total. The van der Waals surface area contributed by atoms with Gasteiger partial charge in [-0.1, -0.05) is 174 Å². The Balaban J connectivity index is 1.04. The summed E-state index contributed by atoms with van der Waals surface area (Å²) in [5, 5.41) is 0. The van der Waals surface area contributed by atoms with Crippen molar-refractivity contribution in [3.8, 4) is 0 Å². The minimum Gasteiger partial charge on any atom is -0.337 e. The summed E-state index contributed by atoms with van der Waals surface area (Å²) in [5.74, 6) is 2.91. The summed E-state index contributed by atoms with van der Waals surface area (Å²) in [6.45, 7) is 8.57. The second-order valence-electron chi connectivity index (χ2n) is 15.2. The van der Waals surface area contributed by atoms with E-state index in [1.165, 1.54) is 102 Å². The number of nitrogens with zero attached hydrogens (tertiary/aromatic N) is 1. The van der Waals surface area contributed by atoms with Crippen LogP contribution in [0.3, 0.4) is 0 Å². The maximum atomic E-state index is 2.63. The van der Waals surface area contributed by atoms with E-state index in [4.69, 9.17) is 0 Å². The van der Waals surface area contributed by atoms with Crippen molar-refractivity contribution in [2.45, 2.75) is 46.1 Å². The highest BCUT2D eigenvalue weighted by molar-refractivity contribution is 7.99. The van der Waals surface area contributed by atoms with Crippen molar-refractivity contribution in [1.82, 2.24) is 0 Å². The van der Waals surface area contributed by atoms with Crippen LogP contribution in [-0.2, 0) is 0 Å². The van der Waals surface area contributed by atoms with Gasteiger partial charge in [0.1, 0.15) is 0 Å². The molecule has 0 radical (unpaired) electrons. The van der Waals surface area contributed by atoms with Crippen molar-refractivity contribution in [3.05, 3.63) is 225 Å². The molecule has 6 aromatic rings. The highest BCUT2D eigenvalue weighted by Gasteiger charge is 2.40. The van der Waals surface area contributed by atoms with Crippen LogP contribution in [0.25, 0.3) is 23.3 Å². The van der Waals surface area contributed by atoms with Gasteiger partial charge in [-0.3, -0.25) is 0 Å². The number of hydrogen-bond donors (Lipinski definition) is 0. The molecule has 0 spiro atoms. The standard InChI is InChI=1S/C53H49NS/c1-37-11-22-43(23-12-37)48(44-24-13-38(2)14-25-44)9-5-7-41-19-30-47(31-20-41)54-52-32-21-42(35-50(52)51-36-55-34-33-53(51)54)8-6-10-49(45-26-15-39(3)16-27-45)46-28-17-40(4)18-29-46/h5-32,35,51,53H,33-34,36H2,1-4H3/b7-5+,8-6+. The highest BCUT2D eigenvalue weighted by atomic mass is 32.2. The van der Waals surface area contributed by atoms with E-state index in [1.54, 1.807) is 0 Å². The molecule has 0 amide bonds. The van der Waals surface area contributed by atoms with E-state index in [-0.39, 0.29) is 0 Å². The van der Waals surface area contributed by atoms with E-state index >= 15 is 0 Å². The molecule has 2 heterocycles. The largest absolute Gasteiger partial charge is 0.337 e. The number of hydrogen-bond acceptors (Lipinski definition) is 2. The fourth-order valence-electron chi connectivity index (χ4n) is 7.94. The predicted molar refractivity (Wildman–Crippen MR) is 240 cm³/mol. The summed E-state index contributed by atoms with van der Waals surface area (Å²) >= 11 is 2.10. The Hall–Kier alpha value is -5.57. The van der Waals surface area contributed by atoms with Crippen LogP contribution in [0.2, 0.25) is 0 Å². The molecule has 55 heavy (non-hydrogen) atoms. The number of anilines is 2. The Kier molecular flexibility index (Phi) is 10.9. The lowest BCUT2D eigenvalue weighted by Crippen LogP contribution is -2.34. The maximum absolute atomic E-state index is 2.63. The molecule has 0 bridgehead atoms. The molecule has 272 valence electrons. The van der Waals surface area contributed by atoms with Crippen molar-refractivity contribution >= 4 is 46.4 Å². The zero-order valence-corrected chi connectivity index (χ0v) is 33.2. The second-order valence-corrected chi connectivity index (χ2v) is 16.3. The SMILES string of the molecule is Cc1ccc(C(=C/C=C/c2ccc(N3c4ccc(/C=C/C=C(c5ccc(C)cc5)c5ccc(C)cc5)cc4C4CSCCC43)cc2)c2ccc(C)cc2)cc1. The number of rotatable bonds is 9. The number of fused-ring (bicyclic) bond motifs is 3. The smallest absolute Gasteiger partial charge is 0.0450 e. The lowest BCUT2D eigenvalue weighted by molar-refractivity contribution is 0.572. The first kappa shape index (κ1) is 36.4. The molecule has 2 heteroatoms. The molecule has 2 atom stereocenters. The summed E-state index contributed by atoms with van der Waals surface area (Å²) < 4.78 is 0. The molecule has 2 aliphatic rings. The van der Waals surface area contributed by atoms with Crippen LogP contribution < -0.4 is 4.90 Å². The zero-order valence-electron chi connectivity index (χ0n) is 32.4. The van der Waals surface area contributed by atoms with Gasteiger partial charge in [0.15, 0.2) is 0 Å². The van der Waals surface area contributed by atoms with Gasteiger partial charge < -0.3 is 4.90 Å². The van der Waals surface area contributed by atoms with E-state index in [0.717, 1.165) is 0 Å². The van der Waals surface area contributed by atoms with Gasteiger partial charge >= 0.3 is 0 Å². The van der Waals surface area contributed by atoms with E-state index in [0.29, 0.717) is 12.0 Å². The molecule has 0 N–H and O–H groups in total. The van der Waals surface area contributed by atoms with E-state index < -0.39 is 0 Å². The molecule has 0 saturated carbocycles. The molecule has 8 rings (SSSR count). The molecule has 1 saturated heterocycles. The van der Waals surface area contributed by atoms with Crippen molar-refractivity contribution < 1.29 is 0 Å². The van der Waals surface area contributed by atoms with Gasteiger partial charge in [-0.2, -0.15) is 11.8 Å². The van der Waals surface area contributed by atoms with Gasteiger partial charge in [-0.25, -0.2) is 0 Å². The number of aryl methyl sites for hydroxylation is 4. The first-order valence-electron chi connectivity index (χ1n) is 19.6. The van der Waals surface area contributed by atoms with Crippen molar-refractivity contribution in [2.24, 2.45) is 0 Å². The fourth-order valence-corrected chi connectivity index (χ4v) is 9.17. The molecular formula is C53H49NS. The van der Waals surface area contributed by atoms with Gasteiger partial charge in [0.25, 0.3) is 0 Å². The van der Waals surface area contributed by atoms with Crippen LogP contribution in [-0.4, -0.2) is 17.5 Å². The van der Waals surface area contributed by atoms with Gasteiger partial charge in [-0.05, 0) is 114 Å². The Morgan fingerprint density at radius 1 is 0.527 bits per heavy atom. The second kappa shape index (κ2) is 16.4. The average Bonchev–Trinajstić information content (AvgIpc) is 3.54. The molecule has 6 aromatic carbocycles. The fraction of sp³-hybridized carbons (Fsp3) is 0.170. The number of thioether (sulfide) groups is 1. The van der Waals surface area contributed by atoms with Gasteiger partial charge in [0.05, 0.1) is 0 Å². The van der Waals surface area contributed by atoms with Crippen LogP contribution in [0.15, 0.2) is 164 Å². The maximum Gasteiger partial charge on any atom is 0.0450 e. The number of benzene rings is 6. The third-order valence-corrected chi connectivity index (χ3v) is 12.2. The lowest BCUT2D eigenvalue weighted by Gasteiger charge is -2.33. The summed E-state index contributed by atoms with van der Waals surface area (Å²) in [5.41, 5.74) is 19.1. The van der Waals surface area contributed by atoms with Crippen molar-refractivity contribution in [2.75, 3.05) is 16.4 Å².